The van der Waals surface area contributed by atoms with E-state index in [-0.39, 0.29) is 11.1 Å². The topological polar surface area (TPSA) is 55.0 Å². The molecule has 0 fully saturated rings. The van der Waals surface area contributed by atoms with Crippen LogP contribution in [0, 0.1) is 12.7 Å². The van der Waals surface area contributed by atoms with Crippen LogP contribution in [0.25, 0.3) is 11.3 Å². The molecule has 0 aliphatic heterocycles. The number of esters is 1. The zero-order valence-electron chi connectivity index (χ0n) is 9.45. The normalized spacial score (nSPS) is 10.3. The zero-order valence-corrected chi connectivity index (χ0v) is 9.45. The lowest BCUT2D eigenvalue weighted by atomic mass is 10.0. The van der Waals surface area contributed by atoms with Gasteiger partial charge in [-0.2, -0.15) is 5.10 Å². The van der Waals surface area contributed by atoms with Gasteiger partial charge in [0.25, 0.3) is 0 Å². The molecule has 0 atom stereocenters. The minimum atomic E-state index is -0.583. The number of H-pyrrole nitrogens is 1. The van der Waals surface area contributed by atoms with Crippen LogP contribution < -0.4 is 0 Å². The fourth-order valence-corrected chi connectivity index (χ4v) is 1.61. The fraction of sp³-hybridized carbons (Fsp3) is 0.167. The molecule has 1 heterocycles. The molecule has 2 aromatic rings. The van der Waals surface area contributed by atoms with Gasteiger partial charge in [0.05, 0.1) is 23.9 Å². The van der Waals surface area contributed by atoms with Crippen molar-refractivity contribution in [2.24, 2.45) is 0 Å². The SMILES string of the molecule is COC(=O)c1cccc(F)c1-c1cc(C)[nH]n1. The molecule has 0 aliphatic carbocycles. The first-order chi connectivity index (χ1) is 8.13. The Kier molecular flexibility index (Phi) is 2.91. The largest absolute Gasteiger partial charge is 0.465 e. The Labute approximate surface area is 97.4 Å². The summed E-state index contributed by atoms with van der Waals surface area (Å²) in [4.78, 5) is 11.5. The average Bonchev–Trinajstić information content (AvgIpc) is 2.74. The third-order valence-corrected chi connectivity index (χ3v) is 2.38. The summed E-state index contributed by atoms with van der Waals surface area (Å²) in [7, 11) is 1.26. The second-order valence-electron chi connectivity index (χ2n) is 3.59. The summed E-state index contributed by atoms with van der Waals surface area (Å²) < 4.78 is 18.4. The highest BCUT2D eigenvalue weighted by molar-refractivity contribution is 5.96. The predicted molar refractivity (Wildman–Crippen MR) is 60.1 cm³/mol. The number of rotatable bonds is 2. The lowest BCUT2D eigenvalue weighted by Crippen LogP contribution is -2.05. The van der Waals surface area contributed by atoms with Crippen LogP contribution in [-0.4, -0.2) is 23.3 Å². The van der Waals surface area contributed by atoms with Gasteiger partial charge >= 0.3 is 5.97 Å². The number of aromatic nitrogens is 2. The van der Waals surface area contributed by atoms with Gasteiger partial charge in [-0.05, 0) is 25.1 Å². The first-order valence-electron chi connectivity index (χ1n) is 5.02. The van der Waals surface area contributed by atoms with Crippen molar-refractivity contribution < 1.29 is 13.9 Å². The average molecular weight is 234 g/mol. The predicted octanol–water partition coefficient (Wildman–Crippen LogP) is 2.31. The summed E-state index contributed by atoms with van der Waals surface area (Å²) in [6.45, 7) is 1.80. The summed E-state index contributed by atoms with van der Waals surface area (Å²) in [6.07, 6.45) is 0. The monoisotopic (exact) mass is 234 g/mol. The molecular formula is C12H11FN2O2. The van der Waals surface area contributed by atoms with Crippen LogP contribution in [0.1, 0.15) is 16.1 Å². The van der Waals surface area contributed by atoms with E-state index >= 15 is 0 Å². The highest BCUT2D eigenvalue weighted by Gasteiger charge is 2.18. The highest BCUT2D eigenvalue weighted by Crippen LogP contribution is 2.26. The van der Waals surface area contributed by atoms with E-state index in [1.165, 1.54) is 25.3 Å². The van der Waals surface area contributed by atoms with Crippen LogP contribution in [-0.2, 0) is 4.74 Å². The molecule has 1 aromatic carbocycles. The number of halogens is 1. The number of carbonyl (C=O) groups is 1. The fourth-order valence-electron chi connectivity index (χ4n) is 1.61. The van der Waals surface area contributed by atoms with Gasteiger partial charge in [0.15, 0.2) is 0 Å². The summed E-state index contributed by atoms with van der Waals surface area (Å²) in [5.41, 5.74) is 1.50. The van der Waals surface area contributed by atoms with Crippen LogP contribution >= 0.6 is 0 Å². The van der Waals surface area contributed by atoms with E-state index in [0.717, 1.165) is 5.69 Å². The number of nitrogens with zero attached hydrogens (tertiary/aromatic N) is 1. The first kappa shape index (κ1) is 11.3. The molecule has 5 heteroatoms. The van der Waals surface area contributed by atoms with Gasteiger partial charge in [0.1, 0.15) is 5.82 Å². The first-order valence-corrected chi connectivity index (χ1v) is 5.02. The molecule has 2 rings (SSSR count). The Balaban J connectivity index is 2.63. The van der Waals surface area contributed by atoms with Gasteiger partial charge in [0.2, 0.25) is 0 Å². The minimum absolute atomic E-state index is 0.156. The maximum Gasteiger partial charge on any atom is 0.338 e. The van der Waals surface area contributed by atoms with E-state index < -0.39 is 11.8 Å². The quantitative estimate of drug-likeness (QED) is 0.811. The summed E-state index contributed by atoms with van der Waals surface area (Å²) >= 11 is 0. The molecular weight excluding hydrogens is 223 g/mol. The molecule has 0 saturated carbocycles. The number of aromatic amines is 1. The van der Waals surface area contributed by atoms with E-state index in [1.54, 1.807) is 13.0 Å². The molecule has 88 valence electrons. The van der Waals surface area contributed by atoms with E-state index in [0.29, 0.717) is 5.69 Å². The van der Waals surface area contributed by atoms with Gasteiger partial charge < -0.3 is 4.74 Å². The number of nitrogens with one attached hydrogen (secondary N) is 1. The molecule has 0 amide bonds. The van der Waals surface area contributed by atoms with Crippen molar-refractivity contribution >= 4 is 5.97 Å². The number of benzene rings is 1. The van der Waals surface area contributed by atoms with E-state index in [1.807, 2.05) is 0 Å². The highest BCUT2D eigenvalue weighted by atomic mass is 19.1. The zero-order chi connectivity index (χ0) is 12.4. The molecule has 0 aliphatic rings. The smallest absolute Gasteiger partial charge is 0.338 e. The molecule has 1 aromatic heterocycles. The maximum absolute atomic E-state index is 13.8. The van der Waals surface area contributed by atoms with Crippen LogP contribution in [0.5, 0.6) is 0 Å². The second-order valence-corrected chi connectivity index (χ2v) is 3.59. The Hall–Kier alpha value is -2.17. The Bertz CT molecular complexity index is 563. The molecule has 0 bridgehead atoms. The third-order valence-electron chi connectivity index (χ3n) is 2.38. The molecule has 0 unspecified atom stereocenters. The van der Waals surface area contributed by atoms with E-state index in [4.69, 9.17) is 0 Å². The van der Waals surface area contributed by atoms with Gasteiger partial charge in [0, 0.05) is 5.69 Å². The standard InChI is InChI=1S/C12H11FN2O2/c1-7-6-10(15-14-7)11-8(12(16)17-2)4-3-5-9(11)13/h3-6H,1-2H3,(H,14,15). The molecule has 1 N–H and O–H groups in total. The van der Waals surface area contributed by atoms with Crippen molar-refractivity contribution in [2.75, 3.05) is 7.11 Å². The number of hydrogen-bond acceptors (Lipinski definition) is 3. The van der Waals surface area contributed by atoms with E-state index in [9.17, 15) is 9.18 Å². The molecule has 0 saturated heterocycles. The maximum atomic E-state index is 13.8. The Morgan fingerprint density at radius 3 is 2.82 bits per heavy atom. The second kappa shape index (κ2) is 4.37. The summed E-state index contributed by atoms with van der Waals surface area (Å²) in [5.74, 6) is -1.08. The number of ether oxygens (including phenoxy) is 1. The van der Waals surface area contributed by atoms with Crippen molar-refractivity contribution in [3.8, 4) is 11.3 Å². The van der Waals surface area contributed by atoms with Gasteiger partial charge in [-0.3, -0.25) is 5.10 Å². The summed E-state index contributed by atoms with van der Waals surface area (Å²) in [6, 6.07) is 5.93. The number of hydrogen-bond donors (Lipinski definition) is 1. The lowest BCUT2D eigenvalue weighted by molar-refractivity contribution is 0.0601. The van der Waals surface area contributed by atoms with Crippen LogP contribution in [0.3, 0.4) is 0 Å². The Morgan fingerprint density at radius 1 is 1.47 bits per heavy atom. The van der Waals surface area contributed by atoms with Crippen molar-refractivity contribution in [3.63, 3.8) is 0 Å². The molecule has 0 radical (unpaired) electrons. The van der Waals surface area contributed by atoms with Crippen LogP contribution in [0.15, 0.2) is 24.3 Å². The van der Waals surface area contributed by atoms with Crippen molar-refractivity contribution in [2.45, 2.75) is 6.92 Å². The van der Waals surface area contributed by atoms with Crippen LogP contribution in [0.2, 0.25) is 0 Å². The number of carbonyl (C=O) groups excluding carboxylic acids is 1. The van der Waals surface area contributed by atoms with E-state index in [2.05, 4.69) is 14.9 Å². The number of aryl methyl sites for hydroxylation is 1. The molecule has 4 nitrogen and oxygen atoms in total. The minimum Gasteiger partial charge on any atom is -0.465 e. The van der Waals surface area contributed by atoms with Gasteiger partial charge in [-0.1, -0.05) is 6.07 Å². The van der Waals surface area contributed by atoms with Gasteiger partial charge in [-0.25, -0.2) is 9.18 Å². The molecule has 17 heavy (non-hydrogen) atoms. The van der Waals surface area contributed by atoms with Crippen LogP contribution in [0.4, 0.5) is 4.39 Å². The number of methoxy groups -OCH3 is 1. The van der Waals surface area contributed by atoms with Gasteiger partial charge in [-0.15, -0.1) is 0 Å². The molecule has 0 spiro atoms. The van der Waals surface area contributed by atoms with Crippen molar-refractivity contribution in [1.29, 1.82) is 0 Å². The Morgan fingerprint density at radius 2 is 2.24 bits per heavy atom. The summed E-state index contributed by atoms with van der Waals surface area (Å²) in [5, 5.41) is 6.66. The van der Waals surface area contributed by atoms with Crippen molar-refractivity contribution in [3.05, 3.63) is 41.3 Å². The lowest BCUT2D eigenvalue weighted by Gasteiger charge is -2.06. The third kappa shape index (κ3) is 2.04. The van der Waals surface area contributed by atoms with Crippen molar-refractivity contribution in [1.82, 2.24) is 10.2 Å².